The highest BCUT2D eigenvalue weighted by Crippen LogP contribution is 2.58. The first-order valence-electron chi connectivity index (χ1n) is 7.99. The molecule has 0 aromatic heterocycles. The lowest BCUT2D eigenvalue weighted by atomic mass is 9.46. The van der Waals surface area contributed by atoms with Crippen LogP contribution in [0.4, 0.5) is 0 Å². The molecule has 0 amide bonds. The summed E-state index contributed by atoms with van der Waals surface area (Å²) in [6.07, 6.45) is -0.314. The Morgan fingerprint density at radius 2 is 1.84 bits per heavy atom. The van der Waals surface area contributed by atoms with Crippen molar-refractivity contribution in [2.24, 2.45) is 22.7 Å². The van der Waals surface area contributed by atoms with Crippen LogP contribution in [0.1, 0.15) is 20.3 Å². The molecule has 7 heteroatoms. The number of allylic oxidation sites excluding steroid dienone is 1. The number of carbonyl (C=O) groups excluding carboxylic acids is 3. The van der Waals surface area contributed by atoms with Gasteiger partial charge in [0, 0.05) is 17.3 Å². The molecule has 0 aromatic carbocycles. The van der Waals surface area contributed by atoms with E-state index >= 15 is 0 Å². The van der Waals surface area contributed by atoms with Crippen molar-refractivity contribution < 1.29 is 34.1 Å². The van der Waals surface area contributed by atoms with Crippen LogP contribution in [0.3, 0.4) is 0 Å². The Balaban J connectivity index is 2.67. The fourth-order valence-electron chi connectivity index (χ4n) is 4.41. The molecule has 2 N–H and O–H groups in total. The Morgan fingerprint density at radius 3 is 2.36 bits per heavy atom. The third kappa shape index (κ3) is 2.62. The number of ketones is 1. The van der Waals surface area contributed by atoms with Crippen molar-refractivity contribution >= 4 is 17.7 Å². The molecule has 6 atom stereocenters. The van der Waals surface area contributed by atoms with Gasteiger partial charge in [0.1, 0.15) is 6.10 Å². The average molecular weight is 352 g/mol. The molecule has 1 saturated carbocycles. The van der Waals surface area contributed by atoms with E-state index in [1.165, 1.54) is 26.4 Å². The molecule has 138 valence electrons. The molecule has 0 radical (unpaired) electrons. The van der Waals surface area contributed by atoms with E-state index in [-0.39, 0.29) is 17.8 Å². The molecule has 0 spiro atoms. The number of esters is 2. The molecule has 0 aliphatic heterocycles. The van der Waals surface area contributed by atoms with E-state index in [4.69, 9.17) is 9.47 Å². The molecule has 0 saturated heterocycles. The number of fused-ring (bicyclic) bond motifs is 1. The summed E-state index contributed by atoms with van der Waals surface area (Å²) >= 11 is 0. The van der Waals surface area contributed by atoms with Crippen molar-refractivity contribution in [1.82, 2.24) is 0 Å². The van der Waals surface area contributed by atoms with Crippen molar-refractivity contribution in [2.75, 3.05) is 14.2 Å². The van der Waals surface area contributed by atoms with E-state index in [1.807, 2.05) is 0 Å². The summed E-state index contributed by atoms with van der Waals surface area (Å²) in [5, 5.41) is 21.1. The zero-order chi connectivity index (χ0) is 19.2. The van der Waals surface area contributed by atoms with Crippen molar-refractivity contribution in [3.63, 3.8) is 0 Å². The number of aliphatic hydroxyl groups excluding tert-OH is 2. The summed E-state index contributed by atoms with van der Waals surface area (Å²) in [6.45, 7) is 6.92. The highest BCUT2D eigenvalue weighted by atomic mass is 16.5. The Hall–Kier alpha value is -1.99. The van der Waals surface area contributed by atoms with Crippen molar-refractivity contribution in [2.45, 2.75) is 32.5 Å². The second kappa shape index (κ2) is 6.38. The van der Waals surface area contributed by atoms with E-state index in [2.05, 4.69) is 6.58 Å². The largest absolute Gasteiger partial charge is 0.469 e. The number of rotatable bonds is 3. The molecule has 7 nitrogen and oxygen atoms in total. The Labute approximate surface area is 146 Å². The molecule has 0 bridgehead atoms. The van der Waals surface area contributed by atoms with E-state index in [0.29, 0.717) is 0 Å². The Morgan fingerprint density at radius 1 is 1.24 bits per heavy atom. The smallest absolute Gasteiger partial charge is 0.315 e. The SMILES string of the molecule is C=C1[C@H](O)[C@H](O)[C@@H]2[C@](C)(C(=O)C=C[C@@]2(C)C(=O)OC)[C@H]1CC(=O)OC. The molecule has 1 fully saturated rings. The molecule has 0 unspecified atom stereocenters. The lowest BCUT2D eigenvalue weighted by Gasteiger charge is -2.56. The second-order valence-corrected chi connectivity index (χ2v) is 7.08. The lowest BCUT2D eigenvalue weighted by Crippen LogP contribution is -2.64. The van der Waals surface area contributed by atoms with Crippen molar-refractivity contribution in [3.05, 3.63) is 24.3 Å². The minimum absolute atomic E-state index is 0.174. The van der Waals surface area contributed by atoms with Gasteiger partial charge in [-0.05, 0) is 18.6 Å². The van der Waals surface area contributed by atoms with Crippen LogP contribution in [0.25, 0.3) is 0 Å². The van der Waals surface area contributed by atoms with Crippen LogP contribution in [0, 0.1) is 22.7 Å². The fourth-order valence-corrected chi connectivity index (χ4v) is 4.41. The number of hydrogen-bond donors (Lipinski definition) is 2. The van der Waals surface area contributed by atoms with Crippen LogP contribution in [0.15, 0.2) is 24.3 Å². The van der Waals surface area contributed by atoms with Crippen molar-refractivity contribution in [1.29, 1.82) is 0 Å². The third-order valence-electron chi connectivity index (χ3n) is 5.84. The zero-order valence-corrected chi connectivity index (χ0v) is 14.8. The first-order chi connectivity index (χ1) is 11.5. The maximum Gasteiger partial charge on any atom is 0.315 e. The summed E-state index contributed by atoms with van der Waals surface area (Å²) in [5.41, 5.74) is -2.48. The van der Waals surface area contributed by atoms with Gasteiger partial charge in [-0.3, -0.25) is 14.4 Å². The predicted molar refractivity (Wildman–Crippen MR) is 87.1 cm³/mol. The number of ether oxygens (including phenoxy) is 2. The van der Waals surface area contributed by atoms with Crippen molar-refractivity contribution in [3.8, 4) is 0 Å². The van der Waals surface area contributed by atoms with E-state index < -0.39 is 46.8 Å². The number of methoxy groups -OCH3 is 2. The normalized spacial score (nSPS) is 40.4. The topological polar surface area (TPSA) is 110 Å². The molecule has 2 aliphatic rings. The number of aliphatic hydroxyl groups is 2. The van der Waals surface area contributed by atoms with Gasteiger partial charge in [-0.15, -0.1) is 0 Å². The Kier molecular flexibility index (Phi) is 4.94. The highest BCUT2D eigenvalue weighted by Gasteiger charge is 2.65. The molecule has 2 rings (SSSR count). The van der Waals surface area contributed by atoms with E-state index in [9.17, 15) is 24.6 Å². The van der Waals surface area contributed by atoms with Gasteiger partial charge in [-0.25, -0.2) is 0 Å². The summed E-state index contributed by atoms with van der Waals surface area (Å²) in [4.78, 5) is 37.1. The van der Waals surface area contributed by atoms with Gasteiger partial charge in [-0.2, -0.15) is 0 Å². The Bertz CT molecular complexity index is 652. The first kappa shape index (κ1) is 19.3. The molecule has 0 heterocycles. The number of carbonyl (C=O) groups is 3. The maximum absolute atomic E-state index is 12.8. The van der Waals surface area contributed by atoms with Gasteiger partial charge in [-0.1, -0.05) is 19.6 Å². The monoisotopic (exact) mass is 352 g/mol. The van der Waals surface area contributed by atoms with Gasteiger partial charge in [0.2, 0.25) is 0 Å². The summed E-state index contributed by atoms with van der Waals surface area (Å²) in [6, 6.07) is 0. The van der Waals surface area contributed by atoms with Gasteiger partial charge in [0.15, 0.2) is 5.78 Å². The van der Waals surface area contributed by atoms with Crippen LogP contribution in [-0.2, 0) is 23.9 Å². The minimum atomic E-state index is -1.41. The van der Waals surface area contributed by atoms with Gasteiger partial charge < -0.3 is 19.7 Å². The molecular weight excluding hydrogens is 328 g/mol. The standard InChI is InChI=1S/C18H24O7/c1-9-10(8-12(20)24-4)18(3)11(19)6-7-17(2,16(23)25-5)15(18)14(22)13(9)21/h6-7,10,13-15,21-22H,1,8H2,2-5H3/t10-,13-,14-,15-,17+,18-/m0/s1. The summed E-state index contributed by atoms with van der Waals surface area (Å²) in [7, 11) is 2.44. The van der Waals surface area contributed by atoms with Gasteiger partial charge in [0.25, 0.3) is 0 Å². The minimum Gasteiger partial charge on any atom is -0.469 e. The molecule has 2 aliphatic carbocycles. The fraction of sp³-hybridized carbons (Fsp3) is 0.611. The summed E-state index contributed by atoms with van der Waals surface area (Å²) < 4.78 is 9.56. The number of hydrogen-bond acceptors (Lipinski definition) is 7. The molecule has 0 aromatic rings. The van der Waals surface area contributed by atoms with Crippen LogP contribution in [0.5, 0.6) is 0 Å². The first-order valence-corrected chi connectivity index (χ1v) is 7.99. The zero-order valence-electron chi connectivity index (χ0n) is 14.8. The lowest BCUT2D eigenvalue weighted by molar-refractivity contribution is -0.179. The van der Waals surface area contributed by atoms with Gasteiger partial charge >= 0.3 is 11.9 Å². The third-order valence-corrected chi connectivity index (χ3v) is 5.84. The highest BCUT2D eigenvalue weighted by molar-refractivity contribution is 5.99. The quantitative estimate of drug-likeness (QED) is 0.559. The van der Waals surface area contributed by atoms with E-state index in [1.54, 1.807) is 13.8 Å². The molecular formula is C18H24O7. The van der Waals surface area contributed by atoms with Crippen LogP contribution in [0.2, 0.25) is 0 Å². The van der Waals surface area contributed by atoms with E-state index in [0.717, 1.165) is 0 Å². The van der Waals surface area contributed by atoms with Crippen LogP contribution < -0.4 is 0 Å². The average Bonchev–Trinajstić information content (AvgIpc) is 2.59. The van der Waals surface area contributed by atoms with Gasteiger partial charge in [0.05, 0.1) is 32.2 Å². The van der Waals surface area contributed by atoms with Crippen LogP contribution >= 0.6 is 0 Å². The summed E-state index contributed by atoms with van der Waals surface area (Å²) in [5.74, 6) is -3.33. The maximum atomic E-state index is 12.8. The second-order valence-electron chi connectivity index (χ2n) is 7.08. The molecule has 25 heavy (non-hydrogen) atoms. The predicted octanol–water partition coefficient (Wildman–Crippen LogP) is 0.398. The van der Waals surface area contributed by atoms with Crippen LogP contribution in [-0.4, -0.2) is 54.4 Å².